The van der Waals surface area contributed by atoms with Crippen molar-refractivity contribution in [2.24, 2.45) is 5.41 Å². The molecule has 0 aliphatic carbocycles. The van der Waals surface area contributed by atoms with Crippen LogP contribution in [0.25, 0.3) is 0 Å². The minimum atomic E-state index is -4.51. The molecule has 1 atom stereocenters. The van der Waals surface area contributed by atoms with Gasteiger partial charge in [0.05, 0.1) is 0 Å². The monoisotopic (exact) mass is 268 g/mol. The van der Waals surface area contributed by atoms with Crippen LogP contribution in [-0.4, -0.2) is 44.9 Å². The van der Waals surface area contributed by atoms with Gasteiger partial charge in [-0.2, -0.15) is 13.2 Å². The maximum Gasteiger partial charge on any atom is 0.404 e. The third kappa shape index (κ3) is 3.35. The highest BCUT2D eigenvalue weighted by Crippen LogP contribution is 2.43. The van der Waals surface area contributed by atoms with Crippen LogP contribution in [0.1, 0.15) is 19.8 Å². The van der Waals surface area contributed by atoms with Crippen molar-refractivity contribution in [3.05, 3.63) is 0 Å². The zero-order valence-corrected chi connectivity index (χ0v) is 10.4. The van der Waals surface area contributed by atoms with Gasteiger partial charge in [0.2, 0.25) is 5.91 Å². The van der Waals surface area contributed by atoms with Crippen LogP contribution in [0.3, 0.4) is 0 Å². The largest absolute Gasteiger partial charge is 0.404 e. The van der Waals surface area contributed by atoms with Crippen molar-refractivity contribution in [3.8, 4) is 0 Å². The number of ether oxygens (including phenoxy) is 1. The normalized spacial score (nSPS) is 24.2. The van der Waals surface area contributed by atoms with Gasteiger partial charge in [-0.25, -0.2) is 0 Å². The van der Waals surface area contributed by atoms with E-state index in [9.17, 15) is 18.0 Å². The van der Waals surface area contributed by atoms with Crippen LogP contribution in [0, 0.1) is 5.41 Å². The first kappa shape index (κ1) is 15.2. The first-order valence-corrected chi connectivity index (χ1v) is 6.07. The molecule has 18 heavy (non-hydrogen) atoms. The molecule has 2 N–H and O–H groups in total. The highest BCUT2D eigenvalue weighted by atomic mass is 19.4. The van der Waals surface area contributed by atoms with Crippen LogP contribution in [0.15, 0.2) is 0 Å². The van der Waals surface area contributed by atoms with E-state index < -0.39 is 17.5 Å². The van der Waals surface area contributed by atoms with Gasteiger partial charge in [-0.1, -0.05) is 0 Å². The molecule has 1 aliphatic heterocycles. The lowest BCUT2D eigenvalue weighted by Gasteiger charge is -2.29. The third-order valence-electron chi connectivity index (χ3n) is 3.09. The van der Waals surface area contributed by atoms with Crippen molar-refractivity contribution in [2.75, 3.05) is 32.8 Å². The molecule has 0 aromatic rings. The number of alkyl halides is 3. The molecule has 0 aromatic heterocycles. The number of carbonyl (C=O) groups is 1. The molecule has 4 nitrogen and oxygen atoms in total. The van der Waals surface area contributed by atoms with E-state index >= 15 is 0 Å². The molecule has 0 spiro atoms. The molecule has 1 rings (SSSR count). The number of nitrogens with one attached hydrogen (secondary N) is 2. The Kier molecular flexibility index (Phi) is 5.40. The quantitative estimate of drug-likeness (QED) is 0.709. The van der Waals surface area contributed by atoms with Crippen molar-refractivity contribution >= 4 is 5.91 Å². The van der Waals surface area contributed by atoms with Crippen molar-refractivity contribution in [1.29, 1.82) is 0 Å². The fourth-order valence-electron chi connectivity index (χ4n) is 1.95. The van der Waals surface area contributed by atoms with Crippen LogP contribution >= 0.6 is 0 Å². The van der Waals surface area contributed by atoms with E-state index in [1.165, 1.54) is 0 Å². The fourth-order valence-corrected chi connectivity index (χ4v) is 1.95. The molecule has 1 aliphatic rings. The summed E-state index contributed by atoms with van der Waals surface area (Å²) in [4.78, 5) is 11.7. The second kappa shape index (κ2) is 6.38. The van der Waals surface area contributed by atoms with Crippen LogP contribution in [-0.2, 0) is 9.53 Å². The number of halogens is 3. The summed E-state index contributed by atoms with van der Waals surface area (Å²) in [6, 6.07) is 0. The molecule has 1 unspecified atom stereocenters. The van der Waals surface area contributed by atoms with Gasteiger partial charge < -0.3 is 15.4 Å². The predicted molar refractivity (Wildman–Crippen MR) is 60.1 cm³/mol. The number of hydrogen-bond donors (Lipinski definition) is 2. The average molecular weight is 268 g/mol. The molecule has 1 amide bonds. The molecule has 0 radical (unpaired) electrons. The van der Waals surface area contributed by atoms with E-state index in [-0.39, 0.29) is 26.1 Å². The third-order valence-corrected chi connectivity index (χ3v) is 3.09. The van der Waals surface area contributed by atoms with E-state index in [1.807, 2.05) is 6.92 Å². The summed E-state index contributed by atoms with van der Waals surface area (Å²) in [7, 11) is 0. The average Bonchev–Trinajstić information content (AvgIpc) is 2.78. The van der Waals surface area contributed by atoms with Crippen molar-refractivity contribution in [2.45, 2.75) is 25.9 Å². The van der Waals surface area contributed by atoms with Crippen molar-refractivity contribution < 1.29 is 22.7 Å². The van der Waals surface area contributed by atoms with Crippen LogP contribution in [0.2, 0.25) is 0 Å². The lowest BCUT2D eigenvalue weighted by molar-refractivity contribution is -0.216. The van der Waals surface area contributed by atoms with Gasteiger partial charge in [-0.3, -0.25) is 4.79 Å². The topological polar surface area (TPSA) is 50.4 Å². The minimum Gasteiger partial charge on any atom is -0.382 e. The maximum atomic E-state index is 13.0. The van der Waals surface area contributed by atoms with E-state index in [2.05, 4.69) is 10.6 Å². The van der Waals surface area contributed by atoms with E-state index in [0.29, 0.717) is 19.6 Å². The highest BCUT2D eigenvalue weighted by molar-refractivity contribution is 5.84. The summed E-state index contributed by atoms with van der Waals surface area (Å²) in [6.07, 6.45) is -4.20. The standard InChI is InChI=1S/C11H19F3N2O2/c1-2-18-7-3-5-16-9(17)10(11(12,13)14)4-6-15-8-10/h15H,2-8H2,1H3,(H,16,17). The van der Waals surface area contributed by atoms with E-state index in [4.69, 9.17) is 4.74 Å². The predicted octanol–water partition coefficient (Wildman–Crippen LogP) is 1.07. The van der Waals surface area contributed by atoms with Gasteiger partial charge in [-0.15, -0.1) is 0 Å². The SMILES string of the molecule is CCOCCCNC(=O)C1(C(F)(F)F)CCNC1. The second-order valence-electron chi connectivity index (χ2n) is 4.31. The Balaban J connectivity index is 2.47. The Bertz CT molecular complexity index is 276. The molecule has 0 saturated carbocycles. The lowest BCUT2D eigenvalue weighted by Crippen LogP contribution is -2.52. The Morgan fingerprint density at radius 1 is 1.50 bits per heavy atom. The van der Waals surface area contributed by atoms with Gasteiger partial charge >= 0.3 is 6.18 Å². The summed E-state index contributed by atoms with van der Waals surface area (Å²) in [5.74, 6) is -0.934. The number of amides is 1. The molecule has 7 heteroatoms. The zero-order valence-electron chi connectivity index (χ0n) is 10.4. The van der Waals surface area contributed by atoms with Crippen LogP contribution in [0.5, 0.6) is 0 Å². The molecular weight excluding hydrogens is 249 g/mol. The lowest BCUT2D eigenvalue weighted by atomic mass is 9.85. The summed E-state index contributed by atoms with van der Waals surface area (Å²) >= 11 is 0. The van der Waals surface area contributed by atoms with Gasteiger partial charge in [0.25, 0.3) is 0 Å². The van der Waals surface area contributed by atoms with Crippen LogP contribution < -0.4 is 10.6 Å². The van der Waals surface area contributed by atoms with E-state index in [1.54, 1.807) is 0 Å². The number of hydrogen-bond acceptors (Lipinski definition) is 3. The summed E-state index contributed by atoms with van der Waals surface area (Å²) < 4.78 is 44.0. The fraction of sp³-hybridized carbons (Fsp3) is 0.909. The Hall–Kier alpha value is -0.820. The van der Waals surface area contributed by atoms with Crippen molar-refractivity contribution in [3.63, 3.8) is 0 Å². The highest BCUT2D eigenvalue weighted by Gasteiger charge is 2.61. The Labute approximate surface area is 104 Å². The molecule has 1 saturated heterocycles. The molecular formula is C11H19F3N2O2. The Morgan fingerprint density at radius 3 is 2.72 bits per heavy atom. The van der Waals surface area contributed by atoms with E-state index in [0.717, 1.165) is 0 Å². The molecule has 0 aromatic carbocycles. The molecule has 106 valence electrons. The van der Waals surface area contributed by atoms with Gasteiger partial charge in [0.1, 0.15) is 0 Å². The first-order valence-electron chi connectivity index (χ1n) is 6.07. The molecule has 1 fully saturated rings. The first-order chi connectivity index (χ1) is 8.44. The smallest absolute Gasteiger partial charge is 0.382 e. The van der Waals surface area contributed by atoms with Crippen molar-refractivity contribution in [1.82, 2.24) is 10.6 Å². The summed E-state index contributed by atoms with van der Waals surface area (Å²) in [5, 5.41) is 4.96. The number of carbonyl (C=O) groups excluding carboxylic acids is 1. The molecule has 1 heterocycles. The maximum absolute atomic E-state index is 13.0. The second-order valence-corrected chi connectivity index (χ2v) is 4.31. The van der Waals surface area contributed by atoms with Gasteiger partial charge in [0.15, 0.2) is 5.41 Å². The summed E-state index contributed by atoms with van der Waals surface area (Å²) in [5.41, 5.74) is -2.27. The van der Waals surface area contributed by atoms with Crippen LogP contribution in [0.4, 0.5) is 13.2 Å². The number of rotatable bonds is 6. The Morgan fingerprint density at radius 2 is 2.22 bits per heavy atom. The van der Waals surface area contributed by atoms with Gasteiger partial charge in [0, 0.05) is 26.3 Å². The zero-order chi connectivity index (χ0) is 13.6. The minimum absolute atomic E-state index is 0.201. The summed E-state index contributed by atoms with van der Waals surface area (Å²) in [6.45, 7) is 2.91. The molecule has 0 bridgehead atoms. The van der Waals surface area contributed by atoms with Gasteiger partial charge in [-0.05, 0) is 26.3 Å².